The Balaban J connectivity index is 1.82. The number of nitrogens with one attached hydrogen (secondary N) is 1. The molecule has 1 aromatic heterocycles. The Morgan fingerprint density at radius 3 is 2.37 bits per heavy atom. The van der Waals surface area contributed by atoms with Gasteiger partial charge in [0.2, 0.25) is 0 Å². The van der Waals surface area contributed by atoms with Crippen LogP contribution in [-0.4, -0.2) is 37.4 Å². The number of carbonyl (C=O) groups is 2. The number of carbonyl (C=O) groups excluding carboxylic acids is 1. The Labute approximate surface area is 181 Å². The summed E-state index contributed by atoms with van der Waals surface area (Å²) in [6, 6.07) is 14.7. The van der Waals surface area contributed by atoms with Crippen molar-refractivity contribution in [2.75, 3.05) is 16.7 Å². The lowest BCUT2D eigenvalue weighted by atomic mass is 10.1. The number of amides is 1. The fourth-order valence-corrected chi connectivity index (χ4v) is 4.11. The minimum absolute atomic E-state index is 0.0120. The summed E-state index contributed by atoms with van der Waals surface area (Å²) in [6.07, 6.45) is 1.49. The molecule has 0 aliphatic heterocycles. The molecule has 0 saturated carbocycles. The van der Waals surface area contributed by atoms with Crippen molar-refractivity contribution < 1.29 is 23.1 Å². The van der Waals surface area contributed by atoms with E-state index in [0.29, 0.717) is 4.47 Å². The largest absolute Gasteiger partial charge is 0.478 e. The van der Waals surface area contributed by atoms with Crippen molar-refractivity contribution in [2.24, 2.45) is 0 Å². The second-order valence-electron chi connectivity index (χ2n) is 6.13. The van der Waals surface area contributed by atoms with Gasteiger partial charge in [-0.3, -0.25) is 9.10 Å². The highest BCUT2D eigenvalue weighted by Gasteiger charge is 2.22. The van der Waals surface area contributed by atoms with E-state index in [2.05, 4.69) is 26.2 Å². The first-order valence-corrected chi connectivity index (χ1v) is 10.8. The Kier molecular flexibility index (Phi) is 6.18. The fraction of sp³-hybridized carbons (Fsp3) is 0.0500. The van der Waals surface area contributed by atoms with Gasteiger partial charge in [-0.2, -0.15) is 0 Å². The molecule has 3 aromatic rings. The van der Waals surface area contributed by atoms with E-state index in [0.717, 1.165) is 4.31 Å². The number of carboxylic acid groups (broad SMARTS) is 1. The van der Waals surface area contributed by atoms with E-state index in [-0.39, 0.29) is 27.5 Å². The van der Waals surface area contributed by atoms with Gasteiger partial charge < -0.3 is 10.4 Å². The molecule has 0 fully saturated rings. The first-order valence-electron chi connectivity index (χ1n) is 8.54. The molecule has 1 heterocycles. The summed E-state index contributed by atoms with van der Waals surface area (Å²) in [4.78, 5) is 27.9. The van der Waals surface area contributed by atoms with Crippen LogP contribution in [0.3, 0.4) is 0 Å². The van der Waals surface area contributed by atoms with Crippen molar-refractivity contribution in [1.82, 2.24) is 4.98 Å². The molecular weight excluding hydrogens is 474 g/mol. The number of hydrogen-bond donors (Lipinski definition) is 2. The standard InChI is InChI=1S/C20H16BrN3O5S/c1-24(18-4-2-3-11-22-18)30(28,29)15-8-5-13(6-9-15)19(25)23-17-10-7-14(21)12-16(17)20(26)27/h2-12H,1H3,(H,23,25)(H,26,27). The average Bonchev–Trinajstić information content (AvgIpc) is 2.75. The molecule has 8 nitrogen and oxygen atoms in total. The number of benzene rings is 2. The van der Waals surface area contributed by atoms with E-state index >= 15 is 0 Å². The average molecular weight is 490 g/mol. The van der Waals surface area contributed by atoms with Crippen LogP contribution in [0.1, 0.15) is 20.7 Å². The zero-order chi connectivity index (χ0) is 21.9. The van der Waals surface area contributed by atoms with Crippen LogP contribution in [0, 0.1) is 0 Å². The number of nitrogens with zero attached hydrogens (tertiary/aromatic N) is 2. The third-order valence-electron chi connectivity index (χ3n) is 4.21. The van der Waals surface area contributed by atoms with E-state index in [1.807, 2.05) is 0 Å². The molecule has 0 aliphatic rings. The van der Waals surface area contributed by atoms with Crippen LogP contribution in [0.2, 0.25) is 0 Å². The minimum Gasteiger partial charge on any atom is -0.478 e. The van der Waals surface area contributed by atoms with Gasteiger partial charge in [-0.1, -0.05) is 22.0 Å². The molecule has 0 spiro atoms. The quantitative estimate of drug-likeness (QED) is 0.545. The monoisotopic (exact) mass is 489 g/mol. The summed E-state index contributed by atoms with van der Waals surface area (Å²) in [5.74, 6) is -1.50. The van der Waals surface area contributed by atoms with E-state index in [9.17, 15) is 23.1 Å². The van der Waals surface area contributed by atoms with E-state index in [4.69, 9.17) is 0 Å². The highest BCUT2D eigenvalue weighted by atomic mass is 79.9. The smallest absolute Gasteiger partial charge is 0.337 e. The van der Waals surface area contributed by atoms with Crippen molar-refractivity contribution >= 4 is 49.3 Å². The van der Waals surface area contributed by atoms with Gasteiger partial charge >= 0.3 is 5.97 Å². The van der Waals surface area contributed by atoms with Crippen molar-refractivity contribution in [3.05, 3.63) is 82.5 Å². The first kappa shape index (κ1) is 21.5. The zero-order valence-corrected chi connectivity index (χ0v) is 18.0. The predicted molar refractivity (Wildman–Crippen MR) is 115 cm³/mol. The molecule has 3 rings (SSSR count). The Hall–Kier alpha value is -3.24. The van der Waals surface area contributed by atoms with Crippen LogP contribution in [0.5, 0.6) is 0 Å². The number of carboxylic acids is 1. The molecule has 0 atom stereocenters. The second kappa shape index (κ2) is 8.64. The van der Waals surface area contributed by atoms with Crippen molar-refractivity contribution in [2.45, 2.75) is 4.90 Å². The van der Waals surface area contributed by atoms with Crippen LogP contribution in [0.4, 0.5) is 11.5 Å². The highest BCUT2D eigenvalue weighted by molar-refractivity contribution is 9.10. The van der Waals surface area contributed by atoms with Crippen LogP contribution in [0.15, 0.2) is 76.2 Å². The highest BCUT2D eigenvalue weighted by Crippen LogP contribution is 2.23. The molecule has 2 aromatic carbocycles. The zero-order valence-electron chi connectivity index (χ0n) is 15.6. The van der Waals surface area contributed by atoms with Crippen LogP contribution in [-0.2, 0) is 10.0 Å². The van der Waals surface area contributed by atoms with Crippen molar-refractivity contribution in [1.29, 1.82) is 0 Å². The number of sulfonamides is 1. The molecular formula is C20H16BrN3O5S. The number of hydrogen-bond acceptors (Lipinski definition) is 5. The third-order valence-corrected chi connectivity index (χ3v) is 6.48. The Bertz CT molecular complexity index is 1200. The molecule has 0 unspecified atom stereocenters. The van der Waals surface area contributed by atoms with Crippen molar-refractivity contribution in [3.63, 3.8) is 0 Å². The number of halogens is 1. The third kappa shape index (κ3) is 4.50. The molecule has 0 saturated heterocycles. The summed E-state index contributed by atoms with van der Waals surface area (Å²) in [6.45, 7) is 0. The van der Waals surface area contributed by atoms with Crippen LogP contribution in [0.25, 0.3) is 0 Å². The number of pyridine rings is 1. The van der Waals surface area contributed by atoms with Gasteiger partial charge in [0.15, 0.2) is 0 Å². The van der Waals surface area contributed by atoms with E-state index in [1.54, 1.807) is 24.3 Å². The number of aromatic carboxylic acids is 1. The van der Waals surface area contributed by atoms with Crippen LogP contribution < -0.4 is 9.62 Å². The summed E-state index contributed by atoms with van der Waals surface area (Å²) < 4.78 is 27.1. The Morgan fingerprint density at radius 2 is 1.77 bits per heavy atom. The van der Waals surface area contributed by atoms with E-state index < -0.39 is 21.9 Å². The van der Waals surface area contributed by atoms with Gasteiger partial charge in [-0.15, -0.1) is 0 Å². The van der Waals surface area contributed by atoms with Gasteiger partial charge in [0.05, 0.1) is 16.1 Å². The van der Waals surface area contributed by atoms with Gasteiger partial charge in [0.1, 0.15) is 5.82 Å². The molecule has 0 aliphatic carbocycles. The topological polar surface area (TPSA) is 117 Å². The summed E-state index contributed by atoms with van der Waals surface area (Å²) in [5.41, 5.74) is 0.227. The maximum atomic E-state index is 12.8. The molecule has 0 bridgehead atoms. The Morgan fingerprint density at radius 1 is 1.07 bits per heavy atom. The molecule has 0 radical (unpaired) electrons. The maximum absolute atomic E-state index is 12.8. The second-order valence-corrected chi connectivity index (χ2v) is 9.02. The molecule has 1 amide bonds. The minimum atomic E-state index is -3.86. The van der Waals surface area contributed by atoms with Gasteiger partial charge in [-0.05, 0) is 54.6 Å². The van der Waals surface area contributed by atoms with Crippen LogP contribution >= 0.6 is 15.9 Å². The first-order chi connectivity index (χ1) is 14.2. The number of aromatic nitrogens is 1. The lowest BCUT2D eigenvalue weighted by Gasteiger charge is -2.18. The van der Waals surface area contributed by atoms with Gasteiger partial charge in [0, 0.05) is 23.3 Å². The van der Waals surface area contributed by atoms with E-state index in [1.165, 1.54) is 49.6 Å². The summed E-state index contributed by atoms with van der Waals surface area (Å²) >= 11 is 3.19. The SMILES string of the molecule is CN(c1ccccn1)S(=O)(=O)c1ccc(C(=O)Nc2ccc(Br)cc2C(=O)O)cc1. The lowest BCUT2D eigenvalue weighted by molar-refractivity contribution is 0.0698. The summed E-state index contributed by atoms with van der Waals surface area (Å²) in [5, 5.41) is 11.8. The predicted octanol–water partition coefficient (Wildman–Crippen LogP) is 3.62. The molecule has 154 valence electrons. The summed E-state index contributed by atoms with van der Waals surface area (Å²) in [7, 11) is -2.47. The number of rotatable bonds is 6. The maximum Gasteiger partial charge on any atom is 0.337 e. The number of anilines is 2. The molecule has 10 heteroatoms. The van der Waals surface area contributed by atoms with Gasteiger partial charge in [-0.25, -0.2) is 18.2 Å². The lowest BCUT2D eigenvalue weighted by Crippen LogP contribution is -2.27. The van der Waals surface area contributed by atoms with Crippen molar-refractivity contribution in [3.8, 4) is 0 Å². The van der Waals surface area contributed by atoms with Gasteiger partial charge in [0.25, 0.3) is 15.9 Å². The molecule has 30 heavy (non-hydrogen) atoms. The molecule has 2 N–H and O–H groups in total. The fourth-order valence-electron chi connectivity index (χ4n) is 2.60. The normalized spacial score (nSPS) is 11.0.